The van der Waals surface area contributed by atoms with Crippen molar-refractivity contribution in [3.8, 4) is 22.8 Å². The van der Waals surface area contributed by atoms with E-state index in [0.29, 0.717) is 17.6 Å². The van der Waals surface area contributed by atoms with Crippen molar-refractivity contribution < 1.29 is 9.53 Å². The maximum absolute atomic E-state index is 12.5. The Bertz CT molecular complexity index is 1180. The fraction of sp³-hybridized carbons (Fsp3) is 0.130. The zero-order valence-corrected chi connectivity index (χ0v) is 19.6. The summed E-state index contributed by atoms with van der Waals surface area (Å²) in [6, 6.07) is 18.9. The summed E-state index contributed by atoms with van der Waals surface area (Å²) in [5, 5.41) is 12.3. The highest BCUT2D eigenvalue weighted by molar-refractivity contribution is 9.10. The first kappa shape index (κ1) is 22.0. The minimum Gasteiger partial charge on any atom is -0.494 e. The first-order chi connectivity index (χ1) is 15.6. The van der Waals surface area contributed by atoms with Gasteiger partial charge in [-0.2, -0.15) is 0 Å². The Morgan fingerprint density at radius 1 is 1.03 bits per heavy atom. The van der Waals surface area contributed by atoms with Crippen molar-refractivity contribution in [3.05, 3.63) is 77.5 Å². The maximum atomic E-state index is 12.5. The van der Waals surface area contributed by atoms with E-state index in [9.17, 15) is 4.79 Å². The summed E-state index contributed by atoms with van der Waals surface area (Å²) in [5.41, 5.74) is 2.50. The third-order valence-corrected chi connectivity index (χ3v) is 5.90. The van der Waals surface area contributed by atoms with E-state index in [2.05, 4.69) is 36.4 Å². The molecule has 1 N–H and O–H groups in total. The number of anilines is 1. The summed E-state index contributed by atoms with van der Waals surface area (Å²) < 4.78 is 8.45. The highest BCUT2D eigenvalue weighted by atomic mass is 79.9. The molecule has 2 aromatic heterocycles. The van der Waals surface area contributed by atoms with Crippen LogP contribution in [0.4, 0.5) is 5.69 Å². The van der Waals surface area contributed by atoms with Crippen LogP contribution in [0.5, 0.6) is 5.75 Å². The van der Waals surface area contributed by atoms with Crippen LogP contribution in [0.1, 0.15) is 6.92 Å². The van der Waals surface area contributed by atoms with E-state index >= 15 is 0 Å². The number of rotatable bonds is 8. The maximum Gasteiger partial charge on any atom is 0.234 e. The number of halogens is 1. The first-order valence-electron chi connectivity index (χ1n) is 9.91. The van der Waals surface area contributed by atoms with E-state index in [0.717, 1.165) is 27.2 Å². The number of carbonyl (C=O) groups is 1. The Kier molecular flexibility index (Phi) is 7.18. The molecule has 0 saturated heterocycles. The van der Waals surface area contributed by atoms with Gasteiger partial charge in [0.2, 0.25) is 5.91 Å². The van der Waals surface area contributed by atoms with E-state index in [4.69, 9.17) is 4.74 Å². The lowest BCUT2D eigenvalue weighted by Gasteiger charge is -2.11. The number of aromatic nitrogens is 4. The quantitative estimate of drug-likeness (QED) is 0.328. The van der Waals surface area contributed by atoms with Crippen LogP contribution < -0.4 is 10.1 Å². The Labute approximate surface area is 198 Å². The first-order valence-corrected chi connectivity index (χ1v) is 11.7. The molecule has 0 fully saturated rings. The van der Waals surface area contributed by atoms with Crippen LogP contribution in [0.15, 0.2) is 82.7 Å². The highest BCUT2D eigenvalue weighted by Gasteiger charge is 2.17. The molecule has 0 aliphatic rings. The normalized spacial score (nSPS) is 10.7. The van der Waals surface area contributed by atoms with E-state index in [-0.39, 0.29) is 11.7 Å². The average molecular weight is 510 g/mol. The van der Waals surface area contributed by atoms with Gasteiger partial charge in [-0.15, -0.1) is 10.2 Å². The second kappa shape index (κ2) is 10.4. The third-order valence-electron chi connectivity index (χ3n) is 4.44. The van der Waals surface area contributed by atoms with Gasteiger partial charge in [0.25, 0.3) is 0 Å². The number of amides is 1. The molecule has 2 heterocycles. The van der Waals surface area contributed by atoms with Crippen molar-refractivity contribution >= 4 is 39.3 Å². The van der Waals surface area contributed by atoms with Crippen LogP contribution >= 0.6 is 27.7 Å². The molecule has 0 unspecified atom stereocenters. The molecule has 32 heavy (non-hydrogen) atoms. The standard InChI is InChI=1S/C23H20BrN5O2S/c1-2-31-20-9-7-19(8-10-20)29-22(16-11-13-25-14-12-16)27-28-23(29)32-15-21(30)26-18-5-3-17(24)4-6-18/h3-14H,2,15H2,1H3,(H,26,30). The molecule has 0 saturated carbocycles. The van der Waals surface area contributed by atoms with Crippen LogP contribution in [-0.2, 0) is 4.79 Å². The summed E-state index contributed by atoms with van der Waals surface area (Å²) in [7, 11) is 0. The Balaban J connectivity index is 1.58. The zero-order chi connectivity index (χ0) is 22.3. The summed E-state index contributed by atoms with van der Waals surface area (Å²) in [6.07, 6.45) is 3.43. The van der Waals surface area contributed by atoms with Gasteiger partial charge in [0.15, 0.2) is 11.0 Å². The number of nitrogens with one attached hydrogen (secondary N) is 1. The Morgan fingerprint density at radius 2 is 1.75 bits per heavy atom. The van der Waals surface area contributed by atoms with Crippen molar-refractivity contribution in [2.24, 2.45) is 0 Å². The Morgan fingerprint density at radius 3 is 2.44 bits per heavy atom. The second-order valence-electron chi connectivity index (χ2n) is 6.65. The van der Waals surface area contributed by atoms with Gasteiger partial charge in [-0.25, -0.2) is 0 Å². The summed E-state index contributed by atoms with van der Waals surface area (Å²) in [6.45, 7) is 2.55. The molecule has 4 rings (SSSR count). The molecular weight excluding hydrogens is 490 g/mol. The number of ether oxygens (including phenoxy) is 1. The number of carbonyl (C=O) groups excluding carboxylic acids is 1. The molecule has 0 bridgehead atoms. The fourth-order valence-corrected chi connectivity index (χ4v) is 4.02. The minimum absolute atomic E-state index is 0.121. The van der Waals surface area contributed by atoms with Crippen molar-refractivity contribution in [2.75, 3.05) is 17.7 Å². The molecule has 0 aliphatic heterocycles. The van der Waals surface area contributed by atoms with Crippen LogP contribution in [0.2, 0.25) is 0 Å². The zero-order valence-electron chi connectivity index (χ0n) is 17.2. The van der Waals surface area contributed by atoms with Crippen molar-refractivity contribution in [1.82, 2.24) is 19.7 Å². The largest absolute Gasteiger partial charge is 0.494 e. The molecule has 0 radical (unpaired) electrons. The molecule has 0 atom stereocenters. The van der Waals surface area contributed by atoms with Crippen LogP contribution in [0.3, 0.4) is 0 Å². The van der Waals surface area contributed by atoms with Gasteiger partial charge in [0.1, 0.15) is 5.75 Å². The van der Waals surface area contributed by atoms with Gasteiger partial charge < -0.3 is 10.1 Å². The molecule has 9 heteroatoms. The summed E-state index contributed by atoms with van der Waals surface area (Å²) in [5.74, 6) is 1.54. The summed E-state index contributed by atoms with van der Waals surface area (Å²) in [4.78, 5) is 16.6. The minimum atomic E-state index is -0.121. The van der Waals surface area contributed by atoms with Crippen LogP contribution in [0.25, 0.3) is 17.1 Å². The second-order valence-corrected chi connectivity index (χ2v) is 8.51. The average Bonchev–Trinajstić information content (AvgIpc) is 3.24. The van der Waals surface area contributed by atoms with Crippen LogP contribution in [-0.4, -0.2) is 38.0 Å². The number of pyridine rings is 1. The molecule has 4 aromatic rings. The smallest absolute Gasteiger partial charge is 0.234 e. The molecule has 0 spiro atoms. The highest BCUT2D eigenvalue weighted by Crippen LogP contribution is 2.29. The molecule has 2 aromatic carbocycles. The fourth-order valence-electron chi connectivity index (χ4n) is 3.00. The van der Waals surface area contributed by atoms with Crippen LogP contribution in [0, 0.1) is 0 Å². The summed E-state index contributed by atoms with van der Waals surface area (Å²) >= 11 is 4.71. The molecule has 162 valence electrons. The van der Waals surface area contributed by atoms with E-state index < -0.39 is 0 Å². The monoisotopic (exact) mass is 509 g/mol. The predicted octanol–water partition coefficient (Wildman–Crippen LogP) is 5.22. The van der Waals surface area contributed by atoms with Gasteiger partial charge in [-0.05, 0) is 67.6 Å². The number of hydrogen-bond donors (Lipinski definition) is 1. The lowest BCUT2D eigenvalue weighted by molar-refractivity contribution is -0.113. The van der Waals surface area contributed by atoms with Gasteiger partial charge in [0, 0.05) is 33.8 Å². The number of nitrogens with zero attached hydrogens (tertiary/aromatic N) is 4. The SMILES string of the molecule is CCOc1ccc(-n2c(SCC(=O)Nc3ccc(Br)cc3)nnc2-c2ccncc2)cc1. The third kappa shape index (κ3) is 5.35. The van der Waals surface area contributed by atoms with E-state index in [1.807, 2.05) is 72.2 Å². The molecule has 1 amide bonds. The lowest BCUT2D eigenvalue weighted by Crippen LogP contribution is -2.14. The van der Waals surface area contributed by atoms with E-state index in [1.54, 1.807) is 12.4 Å². The van der Waals surface area contributed by atoms with Crippen molar-refractivity contribution in [3.63, 3.8) is 0 Å². The van der Waals surface area contributed by atoms with Gasteiger partial charge in [0.05, 0.1) is 12.4 Å². The molecule has 7 nitrogen and oxygen atoms in total. The van der Waals surface area contributed by atoms with Crippen molar-refractivity contribution in [2.45, 2.75) is 12.1 Å². The predicted molar refractivity (Wildman–Crippen MR) is 129 cm³/mol. The Hall–Kier alpha value is -3.17. The van der Waals surface area contributed by atoms with Gasteiger partial charge in [-0.3, -0.25) is 14.3 Å². The number of hydrogen-bond acceptors (Lipinski definition) is 6. The van der Waals surface area contributed by atoms with Gasteiger partial charge in [-0.1, -0.05) is 27.7 Å². The molecule has 0 aliphatic carbocycles. The lowest BCUT2D eigenvalue weighted by atomic mass is 10.2. The van der Waals surface area contributed by atoms with Gasteiger partial charge >= 0.3 is 0 Å². The molecular formula is C23H20BrN5O2S. The van der Waals surface area contributed by atoms with Crippen molar-refractivity contribution in [1.29, 1.82) is 0 Å². The topological polar surface area (TPSA) is 81.9 Å². The number of thioether (sulfide) groups is 1. The van der Waals surface area contributed by atoms with E-state index in [1.165, 1.54) is 11.8 Å². The number of benzene rings is 2.